The monoisotopic (exact) mass is 295 g/mol. The van der Waals surface area contributed by atoms with Gasteiger partial charge in [-0.25, -0.2) is 0 Å². The van der Waals surface area contributed by atoms with Gasteiger partial charge in [0.1, 0.15) is 5.75 Å². The number of hydrogen-bond donors (Lipinski definition) is 2. The number of aromatic nitrogens is 1. The minimum absolute atomic E-state index is 0. The van der Waals surface area contributed by atoms with Crippen LogP contribution in [0.25, 0.3) is 10.9 Å². The van der Waals surface area contributed by atoms with Crippen LogP contribution in [0, 0.1) is 0 Å². The summed E-state index contributed by atoms with van der Waals surface area (Å²) in [6, 6.07) is 5.56. The van der Waals surface area contributed by atoms with E-state index in [1.54, 1.807) is 6.07 Å². The quantitative estimate of drug-likeness (QED) is 0.911. The summed E-state index contributed by atoms with van der Waals surface area (Å²) < 4.78 is 0. The first-order valence-electron chi connectivity index (χ1n) is 5.11. The third kappa shape index (κ3) is 2.85. The van der Waals surface area contributed by atoms with Gasteiger partial charge in [0.15, 0.2) is 0 Å². The molecule has 2 rings (SSSR count). The topological polar surface area (TPSA) is 39.3 Å². The van der Waals surface area contributed by atoms with Crippen molar-refractivity contribution >= 4 is 10.9 Å². The van der Waals surface area contributed by atoms with Crippen LogP contribution in [0.15, 0.2) is 24.4 Å². The molecule has 1 aromatic heterocycles. The van der Waals surface area contributed by atoms with E-state index in [2.05, 4.69) is 24.0 Å². The smallest absolute Gasteiger partial charge is 0.125 e. The summed E-state index contributed by atoms with van der Waals surface area (Å²) in [4.78, 5) is 5.31. The van der Waals surface area contributed by atoms with Crippen molar-refractivity contribution in [2.75, 3.05) is 20.6 Å². The van der Waals surface area contributed by atoms with Gasteiger partial charge in [-0.1, -0.05) is 6.07 Å². The van der Waals surface area contributed by atoms with Crippen molar-refractivity contribution in [3.05, 3.63) is 30.0 Å². The Morgan fingerprint density at radius 2 is 2.12 bits per heavy atom. The molecule has 0 spiro atoms. The van der Waals surface area contributed by atoms with Gasteiger partial charge in [0, 0.05) is 57.8 Å². The molecule has 0 aliphatic rings. The van der Waals surface area contributed by atoms with E-state index >= 15 is 0 Å². The zero-order valence-corrected chi connectivity index (χ0v) is 12.5. The van der Waals surface area contributed by atoms with E-state index in [0.717, 1.165) is 23.9 Å². The summed E-state index contributed by atoms with van der Waals surface area (Å²) in [7, 11) is 4.10. The molecule has 0 fully saturated rings. The number of aromatic amines is 1. The fraction of sp³-hybridized carbons (Fsp3) is 0.333. The van der Waals surface area contributed by atoms with Crippen LogP contribution in [-0.4, -0.2) is 35.6 Å². The van der Waals surface area contributed by atoms with Gasteiger partial charge >= 0.3 is 0 Å². The Morgan fingerprint density at radius 3 is 2.81 bits per heavy atom. The minimum Gasteiger partial charge on any atom is -0.507 e. The molecule has 16 heavy (non-hydrogen) atoms. The number of nitrogens with one attached hydrogen (secondary N) is 1. The molecule has 1 heterocycles. The van der Waals surface area contributed by atoms with Crippen LogP contribution in [0.3, 0.4) is 0 Å². The summed E-state index contributed by atoms with van der Waals surface area (Å²) in [5.74, 6) is 0.363. The number of benzene rings is 1. The summed E-state index contributed by atoms with van der Waals surface area (Å²) in [5, 5.41) is 10.7. The van der Waals surface area contributed by atoms with Gasteiger partial charge in [0.2, 0.25) is 0 Å². The van der Waals surface area contributed by atoms with Crippen molar-refractivity contribution < 1.29 is 39.2 Å². The van der Waals surface area contributed by atoms with Gasteiger partial charge in [-0.05, 0) is 38.2 Å². The fourth-order valence-corrected chi connectivity index (χ4v) is 1.78. The van der Waals surface area contributed by atoms with Gasteiger partial charge < -0.3 is 15.0 Å². The van der Waals surface area contributed by atoms with Crippen LogP contribution in [0.1, 0.15) is 6.99 Å². The van der Waals surface area contributed by atoms with Gasteiger partial charge in [-0.15, -0.1) is 0 Å². The van der Waals surface area contributed by atoms with Crippen LogP contribution in [-0.2, 0) is 39.1 Å². The second-order valence-electron chi connectivity index (χ2n) is 4.07. The Balaban J connectivity index is 0.00000128. The second kappa shape index (κ2) is 5.80. The largest absolute Gasteiger partial charge is 0.507 e. The molecule has 85 valence electrons. The molecule has 0 saturated carbocycles. The number of likely N-dealkylation sites (N-methyl/N-ethyl adjacent to an activating group) is 1. The molecule has 3 nitrogen and oxygen atoms in total. The molecule has 0 aliphatic heterocycles. The average molecular weight is 295 g/mol. The third-order valence-corrected chi connectivity index (χ3v) is 2.59. The van der Waals surface area contributed by atoms with E-state index in [9.17, 15) is 5.11 Å². The standard InChI is InChI=1S/C12H16N2O.Y.H2/c1-14(2)7-6-9-8-13-10-4-3-5-11(15)12(9)10;;/h3-5,8,13,15H,6-7H2,1-2H3;;1H. The number of rotatable bonds is 3. The van der Waals surface area contributed by atoms with Crippen molar-refractivity contribution in [3.8, 4) is 5.75 Å². The molecule has 0 amide bonds. The van der Waals surface area contributed by atoms with E-state index in [0.29, 0.717) is 5.75 Å². The van der Waals surface area contributed by atoms with Crippen molar-refractivity contribution in [2.45, 2.75) is 6.42 Å². The first-order valence-corrected chi connectivity index (χ1v) is 5.11. The van der Waals surface area contributed by atoms with Crippen molar-refractivity contribution in [1.82, 2.24) is 9.88 Å². The number of phenolic OH excluding ortho intramolecular Hbond substituents is 1. The molecule has 4 heteroatoms. The molecular weight excluding hydrogens is 277 g/mol. The van der Waals surface area contributed by atoms with Crippen molar-refractivity contribution in [1.29, 1.82) is 0 Å². The number of H-pyrrole nitrogens is 1. The first-order chi connectivity index (χ1) is 7.18. The molecule has 2 aromatic rings. The predicted octanol–water partition coefficient (Wildman–Crippen LogP) is 2.22. The molecule has 0 bridgehead atoms. The van der Waals surface area contributed by atoms with Crippen LogP contribution in [0.5, 0.6) is 5.75 Å². The summed E-state index contributed by atoms with van der Waals surface area (Å²) >= 11 is 0. The molecule has 2 N–H and O–H groups in total. The number of aromatic hydroxyl groups is 1. The van der Waals surface area contributed by atoms with Gasteiger partial charge in [0.05, 0.1) is 0 Å². The molecule has 1 radical (unpaired) electrons. The molecule has 1 aromatic carbocycles. The summed E-state index contributed by atoms with van der Waals surface area (Å²) in [6.45, 7) is 0.987. The Morgan fingerprint density at radius 1 is 1.38 bits per heavy atom. The zero-order chi connectivity index (χ0) is 10.8. The molecule has 0 saturated heterocycles. The van der Waals surface area contributed by atoms with Crippen molar-refractivity contribution in [2.24, 2.45) is 0 Å². The van der Waals surface area contributed by atoms with Crippen LogP contribution < -0.4 is 0 Å². The van der Waals surface area contributed by atoms with Gasteiger partial charge in [-0.3, -0.25) is 0 Å². The van der Waals surface area contributed by atoms with Crippen LogP contribution >= 0.6 is 0 Å². The van der Waals surface area contributed by atoms with E-state index in [1.165, 1.54) is 5.56 Å². The SMILES string of the molecule is CN(C)CCc1c[nH]c2cccc(O)c12.[HH].[Y]. The van der Waals surface area contributed by atoms with Crippen LogP contribution in [0.4, 0.5) is 0 Å². The van der Waals surface area contributed by atoms with Gasteiger partial charge in [-0.2, -0.15) is 0 Å². The maximum absolute atomic E-state index is 9.77. The molecular formula is C12H18N2OY. The maximum Gasteiger partial charge on any atom is 0.125 e. The Labute approximate surface area is 122 Å². The second-order valence-corrected chi connectivity index (χ2v) is 4.07. The number of nitrogens with zero attached hydrogens (tertiary/aromatic N) is 1. The number of fused-ring (bicyclic) bond motifs is 1. The number of hydrogen-bond acceptors (Lipinski definition) is 2. The maximum atomic E-state index is 9.77. The predicted molar refractivity (Wildman–Crippen MR) is 64.3 cm³/mol. The average Bonchev–Trinajstić information content (AvgIpc) is 2.59. The first kappa shape index (κ1) is 13.7. The van der Waals surface area contributed by atoms with E-state index in [-0.39, 0.29) is 34.1 Å². The van der Waals surface area contributed by atoms with Gasteiger partial charge in [0.25, 0.3) is 0 Å². The Bertz CT molecular complexity index is 470. The summed E-state index contributed by atoms with van der Waals surface area (Å²) in [6.07, 6.45) is 2.93. The summed E-state index contributed by atoms with van der Waals surface area (Å²) in [5.41, 5.74) is 2.18. The van der Waals surface area contributed by atoms with Crippen LogP contribution in [0.2, 0.25) is 0 Å². The number of phenols is 1. The minimum atomic E-state index is 0. The molecule has 0 unspecified atom stereocenters. The van der Waals surface area contributed by atoms with E-state index in [1.807, 2.05) is 18.3 Å². The molecule has 0 aliphatic carbocycles. The normalized spacial score (nSPS) is 10.7. The van der Waals surface area contributed by atoms with E-state index < -0.39 is 0 Å². The third-order valence-electron chi connectivity index (χ3n) is 2.59. The Hall–Kier alpha value is -0.376. The van der Waals surface area contributed by atoms with Crippen molar-refractivity contribution in [3.63, 3.8) is 0 Å². The van der Waals surface area contributed by atoms with E-state index in [4.69, 9.17) is 0 Å². The Kier molecular flexibility index (Phi) is 4.97. The molecule has 0 atom stereocenters. The fourth-order valence-electron chi connectivity index (χ4n) is 1.78. The zero-order valence-electron chi connectivity index (χ0n) is 9.70.